The Morgan fingerprint density at radius 2 is 1.33 bits per heavy atom. The van der Waals surface area contributed by atoms with Gasteiger partial charge in [-0.3, -0.25) is 0 Å². The molecule has 2 heterocycles. The molecule has 1 N–H and O–H groups in total. The van der Waals surface area contributed by atoms with E-state index in [1.165, 1.54) is 28.9 Å². The van der Waals surface area contributed by atoms with Gasteiger partial charge < -0.3 is 5.32 Å². The van der Waals surface area contributed by atoms with Gasteiger partial charge in [0.25, 0.3) is 0 Å². The second kappa shape index (κ2) is 7.37. The zero-order chi connectivity index (χ0) is 21.5. The van der Waals surface area contributed by atoms with Gasteiger partial charge in [-0.2, -0.15) is 31.4 Å². The molecule has 1 aliphatic heterocycles. The summed E-state index contributed by atoms with van der Waals surface area (Å²) in [6.07, 6.45) is -6.44. The molecule has 0 unspecified atom stereocenters. The van der Waals surface area contributed by atoms with Crippen molar-refractivity contribution in [3.63, 3.8) is 0 Å². The molecule has 0 radical (unpaired) electrons. The van der Waals surface area contributed by atoms with Gasteiger partial charge >= 0.3 is 12.4 Å². The first kappa shape index (κ1) is 20.3. The number of hydrogen-bond donors (Lipinski definition) is 1. The van der Waals surface area contributed by atoms with Crippen LogP contribution in [0, 0.1) is 0 Å². The highest BCUT2D eigenvalue weighted by molar-refractivity contribution is 5.71. The largest absolute Gasteiger partial charge is 0.416 e. The van der Waals surface area contributed by atoms with Crippen LogP contribution in [0.4, 0.5) is 32.2 Å². The van der Waals surface area contributed by atoms with E-state index in [-0.39, 0.29) is 0 Å². The van der Waals surface area contributed by atoms with E-state index in [1.807, 2.05) is 0 Å². The van der Waals surface area contributed by atoms with Crippen molar-refractivity contribution in [1.82, 2.24) is 9.78 Å². The second-order valence-corrected chi connectivity index (χ2v) is 7.09. The maximum atomic E-state index is 12.9. The van der Waals surface area contributed by atoms with Gasteiger partial charge in [-0.1, -0.05) is 12.1 Å². The molecule has 0 atom stereocenters. The molecule has 0 saturated heterocycles. The van der Waals surface area contributed by atoms with Gasteiger partial charge in [0.15, 0.2) is 0 Å². The zero-order valence-electron chi connectivity index (χ0n) is 15.6. The molecule has 3 nitrogen and oxygen atoms in total. The number of nitrogens with zero attached hydrogens (tertiary/aromatic N) is 2. The highest BCUT2D eigenvalue weighted by Gasteiger charge is 2.31. The van der Waals surface area contributed by atoms with Crippen molar-refractivity contribution >= 4 is 5.82 Å². The van der Waals surface area contributed by atoms with Crippen LogP contribution in [-0.4, -0.2) is 16.3 Å². The van der Waals surface area contributed by atoms with E-state index >= 15 is 0 Å². The fourth-order valence-electron chi connectivity index (χ4n) is 3.53. The summed E-state index contributed by atoms with van der Waals surface area (Å²) in [6, 6.07) is 9.38. The van der Waals surface area contributed by atoms with Gasteiger partial charge in [-0.05, 0) is 55.7 Å². The first-order chi connectivity index (χ1) is 14.1. The lowest BCUT2D eigenvalue weighted by Gasteiger charge is -2.11. The molecular weight excluding hydrogens is 408 g/mol. The number of halogens is 6. The van der Waals surface area contributed by atoms with Gasteiger partial charge in [-0.25, -0.2) is 4.68 Å². The third-order valence-electron chi connectivity index (χ3n) is 5.05. The molecule has 0 spiro atoms. The lowest BCUT2D eigenvalue weighted by Crippen LogP contribution is -2.08. The third-order valence-corrected chi connectivity index (χ3v) is 5.05. The molecule has 2 aromatic carbocycles. The Morgan fingerprint density at radius 1 is 0.767 bits per heavy atom. The minimum atomic E-state index is -4.44. The third kappa shape index (κ3) is 3.88. The highest BCUT2D eigenvalue weighted by Crippen LogP contribution is 2.36. The summed E-state index contributed by atoms with van der Waals surface area (Å²) in [5.74, 6) is 0.655. The summed E-state index contributed by atoms with van der Waals surface area (Å²) >= 11 is 0. The molecule has 30 heavy (non-hydrogen) atoms. The Morgan fingerprint density at radius 3 is 1.90 bits per heavy atom. The first-order valence-electron chi connectivity index (χ1n) is 9.35. The maximum absolute atomic E-state index is 12.9. The van der Waals surface area contributed by atoms with Crippen molar-refractivity contribution in [2.45, 2.75) is 31.6 Å². The van der Waals surface area contributed by atoms with E-state index in [9.17, 15) is 26.3 Å². The normalized spacial score (nSPS) is 14.7. The molecular formula is C21H17F6N3. The minimum absolute atomic E-state index is 0.437. The smallest absolute Gasteiger partial charge is 0.370 e. The summed E-state index contributed by atoms with van der Waals surface area (Å²) in [4.78, 5) is 0. The van der Waals surface area contributed by atoms with E-state index < -0.39 is 23.5 Å². The molecule has 0 amide bonds. The van der Waals surface area contributed by atoms with Gasteiger partial charge in [0, 0.05) is 17.7 Å². The molecule has 158 valence electrons. The minimum Gasteiger partial charge on any atom is -0.370 e. The van der Waals surface area contributed by atoms with Crippen molar-refractivity contribution < 1.29 is 26.3 Å². The molecule has 0 bridgehead atoms. The molecule has 0 fully saturated rings. The Labute approximate surface area is 168 Å². The van der Waals surface area contributed by atoms with Crippen LogP contribution in [0.1, 0.15) is 29.5 Å². The topological polar surface area (TPSA) is 29.9 Å². The highest BCUT2D eigenvalue weighted by atomic mass is 19.4. The molecule has 1 aliphatic rings. The maximum Gasteiger partial charge on any atom is 0.416 e. The summed E-state index contributed by atoms with van der Waals surface area (Å²) in [5.41, 5.74) is 0.804. The molecule has 1 aromatic heterocycles. The van der Waals surface area contributed by atoms with Crippen LogP contribution < -0.4 is 5.32 Å². The number of alkyl halides is 6. The van der Waals surface area contributed by atoms with E-state index in [4.69, 9.17) is 0 Å². The Bertz CT molecular complexity index is 949. The van der Waals surface area contributed by atoms with Gasteiger partial charge in [0.05, 0.1) is 22.5 Å². The Balaban J connectivity index is 1.79. The van der Waals surface area contributed by atoms with Crippen LogP contribution in [-0.2, 0) is 18.8 Å². The van der Waals surface area contributed by atoms with E-state index in [1.54, 1.807) is 0 Å². The fraction of sp³-hybridized carbons (Fsp3) is 0.286. The number of anilines is 1. The van der Waals surface area contributed by atoms with Crippen LogP contribution in [0.5, 0.6) is 0 Å². The summed E-state index contributed by atoms with van der Waals surface area (Å²) in [6.45, 7) is 0.672. The second-order valence-electron chi connectivity index (χ2n) is 7.09. The van der Waals surface area contributed by atoms with E-state index in [0.717, 1.165) is 42.7 Å². The molecule has 3 aromatic rings. The van der Waals surface area contributed by atoms with Crippen LogP contribution in [0.3, 0.4) is 0 Å². The molecule has 0 saturated carbocycles. The van der Waals surface area contributed by atoms with Crippen molar-refractivity contribution in [3.05, 3.63) is 65.2 Å². The monoisotopic (exact) mass is 425 g/mol. The summed E-state index contributed by atoms with van der Waals surface area (Å²) in [7, 11) is 0. The van der Waals surface area contributed by atoms with Crippen LogP contribution >= 0.6 is 0 Å². The summed E-state index contributed by atoms with van der Waals surface area (Å²) in [5, 5.41) is 7.81. The van der Waals surface area contributed by atoms with Crippen molar-refractivity contribution in [1.29, 1.82) is 0 Å². The molecule has 0 aliphatic carbocycles. The SMILES string of the molecule is FC(F)(F)c1ccc(-c2nn(-c3ccc(C(F)(F)F)cc3)c3c2CCCCN3)cc1. The Hall–Kier alpha value is -2.97. The van der Waals surface area contributed by atoms with Gasteiger partial charge in [0.2, 0.25) is 0 Å². The van der Waals surface area contributed by atoms with Crippen molar-refractivity contribution in [3.8, 4) is 16.9 Å². The van der Waals surface area contributed by atoms with Crippen LogP contribution in [0.15, 0.2) is 48.5 Å². The predicted molar refractivity (Wildman–Crippen MR) is 100 cm³/mol. The number of aromatic nitrogens is 2. The van der Waals surface area contributed by atoms with Gasteiger partial charge in [0.1, 0.15) is 5.82 Å². The van der Waals surface area contributed by atoms with Crippen molar-refractivity contribution in [2.75, 3.05) is 11.9 Å². The molecule has 4 rings (SSSR count). The number of benzene rings is 2. The number of nitrogens with one attached hydrogen (secondary N) is 1. The average molecular weight is 425 g/mol. The quantitative estimate of drug-likeness (QED) is 0.487. The lowest BCUT2D eigenvalue weighted by atomic mass is 10.0. The predicted octanol–water partition coefficient (Wildman–Crippen LogP) is 6.33. The standard InChI is InChI=1S/C21H17F6N3/c22-20(23,24)14-6-4-13(5-7-14)18-17-3-1-2-12-28-19(17)30(29-18)16-10-8-15(9-11-16)21(25,26)27/h4-11,28H,1-3,12H2. The summed E-state index contributed by atoms with van der Waals surface area (Å²) < 4.78 is 78.8. The van der Waals surface area contributed by atoms with Crippen molar-refractivity contribution in [2.24, 2.45) is 0 Å². The first-order valence-corrected chi connectivity index (χ1v) is 9.35. The van der Waals surface area contributed by atoms with Crippen LogP contribution in [0.25, 0.3) is 16.9 Å². The average Bonchev–Trinajstić information content (AvgIpc) is 2.88. The van der Waals surface area contributed by atoms with Gasteiger partial charge in [-0.15, -0.1) is 0 Å². The molecule has 9 heteroatoms. The van der Waals surface area contributed by atoms with E-state index in [0.29, 0.717) is 35.7 Å². The number of rotatable bonds is 2. The zero-order valence-corrected chi connectivity index (χ0v) is 15.6. The fourth-order valence-corrected chi connectivity index (χ4v) is 3.53. The van der Waals surface area contributed by atoms with E-state index in [2.05, 4.69) is 10.4 Å². The Kier molecular flexibility index (Phi) is 4.99. The number of fused-ring (bicyclic) bond motifs is 1. The number of hydrogen-bond acceptors (Lipinski definition) is 2. The lowest BCUT2D eigenvalue weighted by molar-refractivity contribution is -0.138. The van der Waals surface area contributed by atoms with Crippen LogP contribution in [0.2, 0.25) is 0 Å².